The molecule has 0 heterocycles. The van der Waals surface area contributed by atoms with Gasteiger partial charge in [-0.05, 0) is 52.4 Å². The second-order valence-electron chi connectivity index (χ2n) is 8.97. The summed E-state index contributed by atoms with van der Waals surface area (Å²) in [5.74, 6) is -0.767. The smallest absolute Gasteiger partial charge is 0.349 e. The molecule has 0 spiro atoms. The monoisotopic (exact) mass is 481 g/mol. The van der Waals surface area contributed by atoms with Crippen molar-refractivity contribution in [3.63, 3.8) is 0 Å². The Morgan fingerprint density at radius 1 is 0.727 bits per heavy atom. The van der Waals surface area contributed by atoms with Crippen molar-refractivity contribution in [3.8, 4) is 0 Å². The Bertz CT molecular complexity index is 465. The zero-order valence-corrected chi connectivity index (χ0v) is 22.9. The number of allylic oxidation sites excluding steroid dienone is 2. The maximum Gasteiger partial charge on any atom is 0.349 e. The Hall–Kier alpha value is -0.668. The lowest BCUT2D eigenvalue weighted by Crippen LogP contribution is -2.14. The van der Waals surface area contributed by atoms with E-state index in [1.165, 1.54) is 83.5 Å². The number of hydrogen-bond donors (Lipinski definition) is 0. The van der Waals surface area contributed by atoms with Crippen LogP contribution in [0.25, 0.3) is 0 Å². The van der Waals surface area contributed by atoms with Gasteiger partial charge in [0.2, 0.25) is 0 Å². The molecule has 6 heteroatoms. The lowest BCUT2D eigenvalue weighted by Gasteiger charge is -2.06. The summed E-state index contributed by atoms with van der Waals surface area (Å²) in [5, 5.41) is 0. The Morgan fingerprint density at radius 2 is 1.24 bits per heavy atom. The highest BCUT2D eigenvalue weighted by molar-refractivity contribution is 5.95. The number of ether oxygens (including phenoxy) is 1. The lowest BCUT2D eigenvalue weighted by atomic mass is 10.1. The first-order chi connectivity index (χ1) is 15.6. The summed E-state index contributed by atoms with van der Waals surface area (Å²) in [6.45, 7) is 7.09. The van der Waals surface area contributed by atoms with E-state index in [1.807, 2.05) is 0 Å². The van der Waals surface area contributed by atoms with Crippen LogP contribution in [0.4, 0.5) is 0 Å². The minimum Gasteiger partial charge on any atom is -0.381 e. The average Bonchev–Trinajstić information content (AvgIpc) is 2.76. The number of carbonyl (C=O) groups excluding carboxylic acids is 2. The normalized spacial score (nSPS) is 11.2. The third-order valence-electron chi connectivity index (χ3n) is 5.22. The molecule has 0 saturated carbocycles. The number of hydrogen-bond acceptors (Lipinski definition) is 5. The zero-order chi connectivity index (χ0) is 23.7. The summed E-state index contributed by atoms with van der Waals surface area (Å²) in [7, 11) is 0. The van der Waals surface area contributed by atoms with Crippen LogP contribution < -0.4 is 0 Å². The molecule has 0 bridgehead atoms. The molecule has 0 atom stereocenters. The molecule has 0 saturated heterocycles. The topological polar surface area (TPSA) is 61.8 Å². The zero-order valence-electron chi connectivity index (χ0n) is 21.8. The van der Waals surface area contributed by atoms with E-state index in [0.717, 1.165) is 13.0 Å². The van der Waals surface area contributed by atoms with Crippen LogP contribution in [0, 0.1) is 0 Å². The molecule has 0 N–H and O–H groups in total. The van der Waals surface area contributed by atoms with Crippen LogP contribution in [0.5, 0.6) is 0 Å². The molecule has 0 aliphatic heterocycles. The highest BCUT2D eigenvalue weighted by atomic mass is 27.0. The van der Waals surface area contributed by atoms with Gasteiger partial charge in [0.05, 0.1) is 6.10 Å². The standard InChI is InChI=1S/C27H50O5.Al/c1-4-5-6-7-8-9-10-11-12-13-14-15-16-17-18-19-22-30-23-20-21-26(28)24-27(29)32-31-25(2)3;/h11-12,25H,4-10,13-24H2,1-3H3;. The summed E-state index contributed by atoms with van der Waals surface area (Å²) in [6, 6.07) is 0. The first kappa shape index (κ1) is 34.5. The molecule has 0 aromatic rings. The van der Waals surface area contributed by atoms with Crippen molar-refractivity contribution in [2.75, 3.05) is 13.2 Å². The summed E-state index contributed by atoms with van der Waals surface area (Å²) in [6.07, 6.45) is 23.5. The van der Waals surface area contributed by atoms with E-state index in [4.69, 9.17) is 9.62 Å². The van der Waals surface area contributed by atoms with Crippen molar-refractivity contribution in [2.45, 2.75) is 136 Å². The number of ketones is 1. The van der Waals surface area contributed by atoms with Crippen LogP contribution in [0.2, 0.25) is 0 Å². The Labute approximate surface area is 214 Å². The fourth-order valence-electron chi connectivity index (χ4n) is 3.35. The van der Waals surface area contributed by atoms with Crippen molar-refractivity contribution in [1.82, 2.24) is 0 Å². The average molecular weight is 482 g/mol. The predicted molar refractivity (Wildman–Crippen MR) is 137 cm³/mol. The summed E-state index contributed by atoms with van der Waals surface area (Å²) >= 11 is 0. The van der Waals surface area contributed by atoms with Gasteiger partial charge in [0.15, 0.2) is 0 Å². The first-order valence-corrected chi connectivity index (χ1v) is 13.2. The lowest BCUT2D eigenvalue weighted by molar-refractivity contribution is -0.290. The molecule has 0 amide bonds. The van der Waals surface area contributed by atoms with E-state index in [1.54, 1.807) is 13.8 Å². The molecule has 33 heavy (non-hydrogen) atoms. The molecule has 0 unspecified atom stereocenters. The molecule has 0 aliphatic carbocycles. The van der Waals surface area contributed by atoms with Gasteiger partial charge in [0.1, 0.15) is 12.2 Å². The van der Waals surface area contributed by atoms with Crippen LogP contribution in [-0.4, -0.2) is 48.4 Å². The number of rotatable bonds is 24. The SMILES string of the molecule is CCCCCCCCC=CCCCCCCCCOCCCC(=O)CC(=O)OOC(C)C.[Al]. The van der Waals surface area contributed by atoms with Gasteiger partial charge in [-0.15, -0.1) is 0 Å². The predicted octanol–water partition coefficient (Wildman–Crippen LogP) is 7.28. The van der Waals surface area contributed by atoms with Crippen molar-refractivity contribution < 1.29 is 24.1 Å². The van der Waals surface area contributed by atoms with Crippen molar-refractivity contribution in [2.24, 2.45) is 0 Å². The first-order valence-electron chi connectivity index (χ1n) is 13.2. The van der Waals surface area contributed by atoms with Gasteiger partial charge in [-0.2, -0.15) is 4.89 Å². The quantitative estimate of drug-likeness (QED) is 0.0362. The van der Waals surface area contributed by atoms with E-state index in [9.17, 15) is 9.59 Å². The molecular formula is C27H50AlO5. The van der Waals surface area contributed by atoms with Crippen LogP contribution in [-0.2, 0) is 24.1 Å². The third-order valence-corrected chi connectivity index (χ3v) is 5.22. The molecule has 0 aliphatic rings. The molecule has 191 valence electrons. The Morgan fingerprint density at radius 3 is 1.82 bits per heavy atom. The second-order valence-corrected chi connectivity index (χ2v) is 8.97. The molecule has 0 aromatic carbocycles. The number of unbranched alkanes of at least 4 members (excludes halogenated alkanes) is 12. The van der Waals surface area contributed by atoms with Crippen molar-refractivity contribution in [1.29, 1.82) is 0 Å². The van der Waals surface area contributed by atoms with Crippen LogP contribution in [0.1, 0.15) is 130 Å². The van der Waals surface area contributed by atoms with Gasteiger partial charge >= 0.3 is 5.97 Å². The second kappa shape index (κ2) is 27.6. The fraction of sp³-hybridized carbons (Fsp3) is 0.852. The highest BCUT2D eigenvalue weighted by Crippen LogP contribution is 2.10. The van der Waals surface area contributed by atoms with Gasteiger partial charge in [-0.3, -0.25) is 9.68 Å². The van der Waals surface area contributed by atoms with Gasteiger partial charge in [-0.1, -0.05) is 76.9 Å². The van der Waals surface area contributed by atoms with E-state index >= 15 is 0 Å². The third kappa shape index (κ3) is 29.3. The van der Waals surface area contributed by atoms with E-state index in [2.05, 4.69) is 24.0 Å². The van der Waals surface area contributed by atoms with Crippen molar-refractivity contribution in [3.05, 3.63) is 12.2 Å². The van der Waals surface area contributed by atoms with Gasteiger partial charge in [0, 0.05) is 37.0 Å². The maximum absolute atomic E-state index is 11.7. The number of carbonyl (C=O) groups is 2. The molecule has 0 aromatic heterocycles. The fourth-order valence-corrected chi connectivity index (χ4v) is 3.35. The molecule has 5 nitrogen and oxygen atoms in total. The van der Waals surface area contributed by atoms with Crippen LogP contribution in [0.15, 0.2) is 12.2 Å². The summed E-state index contributed by atoms with van der Waals surface area (Å²) < 4.78 is 5.58. The van der Waals surface area contributed by atoms with E-state index < -0.39 is 5.97 Å². The molecular weight excluding hydrogens is 431 g/mol. The minimum atomic E-state index is -0.631. The summed E-state index contributed by atoms with van der Waals surface area (Å²) in [5.41, 5.74) is 0. The van der Waals surface area contributed by atoms with E-state index in [-0.39, 0.29) is 35.7 Å². The van der Waals surface area contributed by atoms with Crippen LogP contribution in [0.3, 0.4) is 0 Å². The Kier molecular flexibility index (Phi) is 28.8. The van der Waals surface area contributed by atoms with E-state index in [0.29, 0.717) is 19.4 Å². The molecule has 0 rings (SSSR count). The number of Topliss-reactive ketones (excluding diaryl/α,β-unsaturated/α-hetero) is 1. The Balaban J connectivity index is 0. The van der Waals surface area contributed by atoms with Crippen molar-refractivity contribution >= 4 is 29.1 Å². The molecule has 0 fully saturated rings. The molecule has 3 radical (unpaired) electrons. The van der Waals surface area contributed by atoms with Crippen LogP contribution >= 0.6 is 0 Å². The summed E-state index contributed by atoms with van der Waals surface area (Å²) in [4.78, 5) is 32.3. The maximum atomic E-state index is 11.7. The van der Waals surface area contributed by atoms with Gasteiger partial charge in [-0.25, -0.2) is 4.79 Å². The van der Waals surface area contributed by atoms with Gasteiger partial charge < -0.3 is 4.74 Å². The highest BCUT2D eigenvalue weighted by Gasteiger charge is 2.12. The minimum absolute atomic E-state index is 0. The van der Waals surface area contributed by atoms with Gasteiger partial charge in [0.25, 0.3) is 0 Å². The largest absolute Gasteiger partial charge is 0.381 e.